The molecule has 0 saturated heterocycles. The van der Waals surface area contributed by atoms with Gasteiger partial charge in [0.15, 0.2) is 10.9 Å². The van der Waals surface area contributed by atoms with E-state index in [9.17, 15) is 4.79 Å². The number of aromatic nitrogens is 1. The lowest BCUT2D eigenvalue weighted by molar-refractivity contribution is 0.0992. The maximum absolute atomic E-state index is 12.1. The van der Waals surface area contributed by atoms with E-state index in [-0.39, 0.29) is 18.3 Å². The van der Waals surface area contributed by atoms with Crippen molar-refractivity contribution in [1.29, 1.82) is 0 Å². The fourth-order valence-corrected chi connectivity index (χ4v) is 2.92. The Bertz CT molecular complexity index is 828. The Balaban J connectivity index is 1.60. The summed E-state index contributed by atoms with van der Waals surface area (Å²) in [6, 6.07) is 10.9. The number of benzene rings is 1. The summed E-state index contributed by atoms with van der Waals surface area (Å²) >= 11 is 4.76. The molecule has 1 amide bonds. The number of rotatable bonds is 5. The third kappa shape index (κ3) is 4.20. The molecule has 0 unspecified atom stereocenters. The van der Waals surface area contributed by atoms with E-state index in [2.05, 4.69) is 26.2 Å². The Hall–Kier alpha value is -2.12. The SMILES string of the molecule is Cc1csc(NC(=O)c2ccc(COc3cccc(Br)c3)o2)n1. The summed E-state index contributed by atoms with van der Waals surface area (Å²) in [4.78, 5) is 16.3. The molecule has 118 valence electrons. The number of ether oxygens (including phenoxy) is 1. The topological polar surface area (TPSA) is 64.4 Å². The van der Waals surface area contributed by atoms with Gasteiger partial charge in [-0.15, -0.1) is 11.3 Å². The summed E-state index contributed by atoms with van der Waals surface area (Å²) in [5.41, 5.74) is 0.868. The highest BCUT2D eigenvalue weighted by Crippen LogP contribution is 2.20. The van der Waals surface area contributed by atoms with Gasteiger partial charge in [0.2, 0.25) is 0 Å². The average Bonchev–Trinajstić information content (AvgIpc) is 3.14. The molecule has 1 aromatic carbocycles. The number of thiazole rings is 1. The van der Waals surface area contributed by atoms with Crippen LogP contribution in [0.1, 0.15) is 22.0 Å². The number of anilines is 1. The fourth-order valence-electron chi connectivity index (χ4n) is 1.86. The van der Waals surface area contributed by atoms with Crippen LogP contribution in [-0.4, -0.2) is 10.9 Å². The maximum Gasteiger partial charge on any atom is 0.293 e. The van der Waals surface area contributed by atoms with Crippen molar-refractivity contribution in [3.05, 3.63) is 63.5 Å². The molecular weight excluding hydrogens is 380 g/mol. The number of nitrogens with zero attached hydrogens (tertiary/aromatic N) is 1. The minimum absolute atomic E-state index is 0.227. The van der Waals surface area contributed by atoms with Crippen LogP contribution >= 0.6 is 27.3 Å². The number of furan rings is 1. The third-order valence-corrected chi connectivity index (χ3v) is 4.27. The van der Waals surface area contributed by atoms with E-state index < -0.39 is 0 Å². The normalized spacial score (nSPS) is 10.5. The Labute approximate surface area is 145 Å². The number of carbonyl (C=O) groups excluding carboxylic acids is 1. The molecule has 0 saturated carbocycles. The Kier molecular flexibility index (Phi) is 4.78. The monoisotopic (exact) mass is 392 g/mol. The van der Waals surface area contributed by atoms with Crippen molar-refractivity contribution in [3.63, 3.8) is 0 Å². The van der Waals surface area contributed by atoms with E-state index in [4.69, 9.17) is 9.15 Å². The molecule has 23 heavy (non-hydrogen) atoms. The van der Waals surface area contributed by atoms with Crippen LogP contribution < -0.4 is 10.1 Å². The van der Waals surface area contributed by atoms with Gasteiger partial charge < -0.3 is 9.15 Å². The smallest absolute Gasteiger partial charge is 0.293 e. The van der Waals surface area contributed by atoms with Crippen LogP contribution in [0.2, 0.25) is 0 Å². The molecule has 0 aliphatic rings. The molecule has 5 nitrogen and oxygen atoms in total. The van der Waals surface area contributed by atoms with E-state index in [1.165, 1.54) is 11.3 Å². The second-order valence-electron chi connectivity index (χ2n) is 4.76. The van der Waals surface area contributed by atoms with Gasteiger partial charge >= 0.3 is 0 Å². The van der Waals surface area contributed by atoms with Crippen LogP contribution in [0.5, 0.6) is 5.75 Å². The molecule has 2 aromatic heterocycles. The fraction of sp³-hybridized carbons (Fsp3) is 0.125. The minimum atomic E-state index is -0.326. The van der Waals surface area contributed by atoms with Crippen molar-refractivity contribution in [2.75, 3.05) is 5.32 Å². The molecule has 0 radical (unpaired) electrons. The minimum Gasteiger partial charge on any atom is -0.486 e. The Morgan fingerprint density at radius 3 is 3.00 bits per heavy atom. The van der Waals surface area contributed by atoms with Gasteiger partial charge in [-0.25, -0.2) is 4.98 Å². The molecule has 0 atom stereocenters. The zero-order valence-electron chi connectivity index (χ0n) is 12.2. The highest BCUT2D eigenvalue weighted by atomic mass is 79.9. The first-order chi connectivity index (χ1) is 11.1. The number of aryl methyl sites for hydroxylation is 1. The largest absolute Gasteiger partial charge is 0.486 e. The van der Waals surface area contributed by atoms with Gasteiger partial charge in [0.05, 0.1) is 5.69 Å². The lowest BCUT2D eigenvalue weighted by atomic mass is 10.3. The average molecular weight is 393 g/mol. The van der Waals surface area contributed by atoms with Crippen molar-refractivity contribution in [3.8, 4) is 5.75 Å². The van der Waals surface area contributed by atoms with Gasteiger partial charge in [-0.1, -0.05) is 22.0 Å². The van der Waals surface area contributed by atoms with Crippen LogP contribution in [0.4, 0.5) is 5.13 Å². The number of halogens is 1. The van der Waals surface area contributed by atoms with Crippen molar-refractivity contribution in [2.24, 2.45) is 0 Å². The van der Waals surface area contributed by atoms with E-state index in [0.717, 1.165) is 15.9 Å². The molecule has 3 rings (SSSR count). The molecule has 1 N–H and O–H groups in total. The van der Waals surface area contributed by atoms with Crippen LogP contribution in [0.25, 0.3) is 0 Å². The highest BCUT2D eigenvalue weighted by Gasteiger charge is 2.13. The van der Waals surface area contributed by atoms with Gasteiger partial charge in [0, 0.05) is 9.85 Å². The first-order valence-electron chi connectivity index (χ1n) is 6.81. The highest BCUT2D eigenvalue weighted by molar-refractivity contribution is 9.10. The third-order valence-electron chi connectivity index (χ3n) is 2.90. The van der Waals surface area contributed by atoms with Crippen molar-refractivity contribution in [1.82, 2.24) is 4.98 Å². The van der Waals surface area contributed by atoms with Crippen LogP contribution in [0.15, 0.2) is 50.7 Å². The van der Waals surface area contributed by atoms with Crippen LogP contribution in [-0.2, 0) is 6.61 Å². The maximum atomic E-state index is 12.1. The summed E-state index contributed by atoms with van der Waals surface area (Å²) in [5.74, 6) is 1.20. The summed E-state index contributed by atoms with van der Waals surface area (Å²) < 4.78 is 12.1. The molecule has 7 heteroatoms. The summed E-state index contributed by atoms with van der Waals surface area (Å²) in [5, 5.41) is 5.12. The van der Waals surface area contributed by atoms with Crippen LogP contribution in [0.3, 0.4) is 0 Å². The number of amides is 1. The van der Waals surface area contributed by atoms with E-state index in [1.54, 1.807) is 12.1 Å². The zero-order chi connectivity index (χ0) is 16.2. The van der Waals surface area contributed by atoms with Crippen molar-refractivity contribution >= 4 is 38.3 Å². The van der Waals surface area contributed by atoms with E-state index in [0.29, 0.717) is 10.9 Å². The van der Waals surface area contributed by atoms with E-state index >= 15 is 0 Å². The standard InChI is InChI=1S/C16H13BrN2O3S/c1-10-9-23-16(18-10)19-15(20)14-6-5-13(22-14)8-21-12-4-2-3-11(17)7-12/h2-7,9H,8H2,1H3,(H,18,19,20). The molecule has 0 aliphatic heterocycles. The van der Waals surface area contributed by atoms with E-state index in [1.807, 2.05) is 36.6 Å². The predicted octanol–water partition coefficient (Wildman–Crippen LogP) is 4.64. The van der Waals surface area contributed by atoms with Crippen molar-refractivity contribution < 1.29 is 13.9 Å². The molecule has 0 spiro atoms. The number of hydrogen-bond donors (Lipinski definition) is 1. The summed E-state index contributed by atoms with van der Waals surface area (Å²) in [6.45, 7) is 2.12. The second kappa shape index (κ2) is 6.97. The molecule has 0 bridgehead atoms. The lowest BCUT2D eigenvalue weighted by Crippen LogP contribution is -2.10. The number of hydrogen-bond acceptors (Lipinski definition) is 5. The number of nitrogens with one attached hydrogen (secondary N) is 1. The molecule has 0 fully saturated rings. The first kappa shape index (κ1) is 15.8. The molecule has 3 aromatic rings. The quantitative estimate of drug-likeness (QED) is 0.686. The molecule has 0 aliphatic carbocycles. The molecular formula is C16H13BrN2O3S. The summed E-state index contributed by atoms with van der Waals surface area (Å²) in [7, 11) is 0. The van der Waals surface area contributed by atoms with Crippen LogP contribution in [0, 0.1) is 6.92 Å². The summed E-state index contributed by atoms with van der Waals surface area (Å²) in [6.07, 6.45) is 0. The molecule has 2 heterocycles. The zero-order valence-corrected chi connectivity index (χ0v) is 14.6. The van der Waals surface area contributed by atoms with Gasteiger partial charge in [-0.3, -0.25) is 10.1 Å². The predicted molar refractivity (Wildman–Crippen MR) is 92.0 cm³/mol. The van der Waals surface area contributed by atoms with Gasteiger partial charge in [-0.05, 0) is 37.3 Å². The second-order valence-corrected chi connectivity index (χ2v) is 6.53. The van der Waals surface area contributed by atoms with Crippen molar-refractivity contribution in [2.45, 2.75) is 13.5 Å². The Morgan fingerprint density at radius 1 is 1.39 bits per heavy atom. The first-order valence-corrected chi connectivity index (χ1v) is 8.48. The number of carbonyl (C=O) groups is 1. The van der Waals surface area contributed by atoms with Gasteiger partial charge in [0.1, 0.15) is 18.1 Å². The lowest BCUT2D eigenvalue weighted by Gasteiger charge is -2.04. The van der Waals surface area contributed by atoms with Gasteiger partial charge in [0.25, 0.3) is 5.91 Å². The van der Waals surface area contributed by atoms with Gasteiger partial charge in [-0.2, -0.15) is 0 Å². The Morgan fingerprint density at radius 2 is 2.26 bits per heavy atom.